The first-order valence-electron chi connectivity index (χ1n) is 9.27. The average molecular weight is 400 g/mol. The highest BCUT2D eigenvalue weighted by Crippen LogP contribution is 2.15. The highest BCUT2D eigenvalue weighted by Gasteiger charge is 2.13. The van der Waals surface area contributed by atoms with E-state index in [4.69, 9.17) is 17.0 Å². The predicted molar refractivity (Wildman–Crippen MR) is 115 cm³/mol. The van der Waals surface area contributed by atoms with Crippen molar-refractivity contribution in [3.63, 3.8) is 0 Å². The van der Waals surface area contributed by atoms with Crippen LogP contribution in [0.15, 0.2) is 48.5 Å². The van der Waals surface area contributed by atoms with Gasteiger partial charge in [0.05, 0.1) is 17.9 Å². The van der Waals surface area contributed by atoms with Crippen LogP contribution in [0.3, 0.4) is 0 Å². The predicted octanol–water partition coefficient (Wildman–Crippen LogP) is 3.74. The molecule has 2 rings (SSSR count). The summed E-state index contributed by atoms with van der Waals surface area (Å²) in [5.41, 5.74) is 1.46. The molecule has 0 aliphatic carbocycles. The molecule has 2 aromatic rings. The molecule has 0 atom stereocenters. The molecule has 0 heterocycles. The van der Waals surface area contributed by atoms with Crippen LogP contribution in [0, 0.1) is 0 Å². The Hall–Kier alpha value is -2.93. The third kappa shape index (κ3) is 6.35. The number of hydrogen-bond donors (Lipinski definition) is 3. The van der Waals surface area contributed by atoms with E-state index < -0.39 is 0 Å². The fraction of sp³-hybridized carbons (Fsp3) is 0.286. The van der Waals surface area contributed by atoms with Crippen LogP contribution in [-0.4, -0.2) is 30.1 Å². The quantitative estimate of drug-likeness (QED) is 0.589. The van der Waals surface area contributed by atoms with Gasteiger partial charge in [0.15, 0.2) is 5.11 Å². The van der Waals surface area contributed by atoms with Crippen LogP contribution in [0.1, 0.15) is 47.4 Å². The zero-order valence-corrected chi connectivity index (χ0v) is 16.9. The standard InChI is InChI=1S/C21H25N3O3S/c1-3-13-22-20(26)17-7-5-6-8-18(17)23-21(28)24-19(25)15-9-11-16(12-10-15)27-14-4-2/h5-12H,3-4,13-14H2,1-2H3,(H,22,26)(H2,23,24,25,28). The van der Waals surface area contributed by atoms with Gasteiger partial charge in [-0.3, -0.25) is 14.9 Å². The van der Waals surface area contributed by atoms with E-state index in [1.165, 1.54) is 0 Å². The average Bonchev–Trinajstić information content (AvgIpc) is 2.71. The third-order valence-electron chi connectivity index (χ3n) is 3.77. The van der Waals surface area contributed by atoms with Crippen molar-refractivity contribution in [2.45, 2.75) is 26.7 Å². The normalized spacial score (nSPS) is 10.1. The molecule has 28 heavy (non-hydrogen) atoms. The molecule has 0 aliphatic rings. The summed E-state index contributed by atoms with van der Waals surface area (Å²) in [5.74, 6) is 0.181. The van der Waals surface area contributed by atoms with Gasteiger partial charge in [0, 0.05) is 12.1 Å². The number of amides is 2. The van der Waals surface area contributed by atoms with Gasteiger partial charge < -0.3 is 15.4 Å². The van der Waals surface area contributed by atoms with Gasteiger partial charge in [0.25, 0.3) is 11.8 Å². The molecule has 3 N–H and O–H groups in total. The summed E-state index contributed by atoms with van der Waals surface area (Å²) in [4.78, 5) is 24.6. The monoisotopic (exact) mass is 399 g/mol. The van der Waals surface area contributed by atoms with Crippen LogP contribution in [0.5, 0.6) is 5.75 Å². The molecule has 0 saturated heterocycles. The van der Waals surface area contributed by atoms with Crippen LogP contribution < -0.4 is 20.7 Å². The first kappa shape index (κ1) is 21.4. The first-order valence-corrected chi connectivity index (χ1v) is 9.68. The fourth-order valence-corrected chi connectivity index (χ4v) is 2.58. The van der Waals surface area contributed by atoms with Gasteiger partial charge in [-0.25, -0.2) is 0 Å². The Labute approximate surface area is 170 Å². The molecule has 0 bridgehead atoms. The minimum atomic E-state index is -0.340. The smallest absolute Gasteiger partial charge is 0.257 e. The number of benzene rings is 2. The molecule has 0 aromatic heterocycles. The number of ether oxygens (including phenoxy) is 1. The van der Waals surface area contributed by atoms with E-state index in [0.717, 1.165) is 12.8 Å². The maximum atomic E-state index is 12.4. The SMILES string of the molecule is CCCNC(=O)c1ccccc1NC(=S)NC(=O)c1ccc(OCCC)cc1. The molecule has 0 aliphatic heterocycles. The molecule has 0 radical (unpaired) electrons. The number of carbonyl (C=O) groups excluding carboxylic acids is 2. The fourth-order valence-electron chi connectivity index (χ4n) is 2.38. The van der Waals surface area contributed by atoms with Gasteiger partial charge in [-0.2, -0.15) is 0 Å². The summed E-state index contributed by atoms with van der Waals surface area (Å²) in [5, 5.41) is 8.49. The molecule has 0 saturated carbocycles. The summed E-state index contributed by atoms with van der Waals surface area (Å²) in [6, 6.07) is 13.8. The van der Waals surface area contributed by atoms with Crippen molar-refractivity contribution >= 4 is 34.8 Å². The van der Waals surface area contributed by atoms with Crippen LogP contribution in [-0.2, 0) is 0 Å². The summed E-state index contributed by atoms with van der Waals surface area (Å²) in [7, 11) is 0. The van der Waals surface area contributed by atoms with Gasteiger partial charge in [-0.05, 0) is 61.5 Å². The minimum absolute atomic E-state index is 0.118. The molecule has 0 unspecified atom stereocenters. The maximum absolute atomic E-state index is 12.4. The highest BCUT2D eigenvalue weighted by molar-refractivity contribution is 7.80. The van der Waals surface area contributed by atoms with E-state index in [9.17, 15) is 9.59 Å². The lowest BCUT2D eigenvalue weighted by Gasteiger charge is -2.13. The lowest BCUT2D eigenvalue weighted by molar-refractivity contribution is 0.0952. The van der Waals surface area contributed by atoms with Gasteiger partial charge in [-0.1, -0.05) is 26.0 Å². The number of rotatable bonds is 8. The lowest BCUT2D eigenvalue weighted by Crippen LogP contribution is -2.35. The second-order valence-electron chi connectivity index (χ2n) is 6.08. The molecule has 6 nitrogen and oxygen atoms in total. The number of carbonyl (C=O) groups is 2. The molecular weight excluding hydrogens is 374 g/mol. The summed E-state index contributed by atoms with van der Waals surface area (Å²) >= 11 is 5.23. The van der Waals surface area contributed by atoms with Crippen molar-refractivity contribution < 1.29 is 14.3 Å². The summed E-state index contributed by atoms with van der Waals surface area (Å²) in [6.07, 6.45) is 1.76. The van der Waals surface area contributed by atoms with Crippen molar-refractivity contribution in [1.29, 1.82) is 0 Å². The Morgan fingerprint density at radius 3 is 2.36 bits per heavy atom. The Balaban J connectivity index is 1.98. The van der Waals surface area contributed by atoms with E-state index >= 15 is 0 Å². The maximum Gasteiger partial charge on any atom is 0.257 e. The van der Waals surface area contributed by atoms with Crippen molar-refractivity contribution in [2.75, 3.05) is 18.5 Å². The van der Waals surface area contributed by atoms with Gasteiger partial charge >= 0.3 is 0 Å². The number of para-hydroxylation sites is 1. The number of thiocarbonyl (C=S) groups is 1. The lowest BCUT2D eigenvalue weighted by atomic mass is 10.1. The van der Waals surface area contributed by atoms with Crippen molar-refractivity contribution in [2.24, 2.45) is 0 Å². The van der Waals surface area contributed by atoms with Crippen molar-refractivity contribution in [3.8, 4) is 5.75 Å². The van der Waals surface area contributed by atoms with E-state index in [-0.39, 0.29) is 16.9 Å². The first-order chi connectivity index (χ1) is 13.5. The summed E-state index contributed by atoms with van der Waals surface area (Å²) in [6.45, 7) is 5.23. The molecule has 0 spiro atoms. The number of nitrogens with one attached hydrogen (secondary N) is 3. The summed E-state index contributed by atoms with van der Waals surface area (Å²) < 4.78 is 5.51. The number of hydrogen-bond acceptors (Lipinski definition) is 4. The van der Waals surface area contributed by atoms with Crippen LogP contribution in [0.4, 0.5) is 5.69 Å². The van der Waals surface area contributed by atoms with Gasteiger partial charge in [-0.15, -0.1) is 0 Å². The van der Waals surface area contributed by atoms with E-state index in [1.807, 2.05) is 13.8 Å². The molecule has 7 heteroatoms. The largest absolute Gasteiger partial charge is 0.494 e. The molecule has 0 fully saturated rings. The van der Waals surface area contributed by atoms with Crippen LogP contribution in [0.2, 0.25) is 0 Å². The zero-order chi connectivity index (χ0) is 20.4. The molecule has 148 valence electrons. The van der Waals surface area contributed by atoms with Crippen molar-refractivity contribution in [3.05, 3.63) is 59.7 Å². The Kier molecular flexibility index (Phi) is 8.42. The molecule has 2 amide bonds. The Morgan fingerprint density at radius 1 is 0.964 bits per heavy atom. The van der Waals surface area contributed by atoms with E-state index in [0.29, 0.717) is 35.7 Å². The van der Waals surface area contributed by atoms with Crippen molar-refractivity contribution in [1.82, 2.24) is 10.6 Å². The molecular formula is C21H25N3O3S. The second-order valence-corrected chi connectivity index (χ2v) is 6.49. The number of anilines is 1. The van der Waals surface area contributed by atoms with Gasteiger partial charge in [0.2, 0.25) is 0 Å². The Bertz CT molecular complexity index is 822. The zero-order valence-electron chi connectivity index (χ0n) is 16.1. The van der Waals surface area contributed by atoms with E-state index in [2.05, 4.69) is 16.0 Å². The van der Waals surface area contributed by atoms with Gasteiger partial charge in [0.1, 0.15) is 5.75 Å². The third-order valence-corrected chi connectivity index (χ3v) is 3.98. The Morgan fingerprint density at radius 2 is 1.68 bits per heavy atom. The van der Waals surface area contributed by atoms with E-state index in [1.54, 1.807) is 48.5 Å². The molecule has 2 aromatic carbocycles. The van der Waals surface area contributed by atoms with Crippen LogP contribution in [0.25, 0.3) is 0 Å². The highest BCUT2D eigenvalue weighted by atomic mass is 32.1. The minimum Gasteiger partial charge on any atom is -0.494 e. The topological polar surface area (TPSA) is 79.5 Å². The second kappa shape index (κ2) is 11.0. The van der Waals surface area contributed by atoms with Crippen LogP contribution >= 0.6 is 12.2 Å².